The van der Waals surface area contributed by atoms with Crippen molar-refractivity contribution in [3.8, 4) is 0 Å². The second-order valence-electron chi connectivity index (χ2n) is 7.98. The van der Waals surface area contributed by atoms with Crippen molar-refractivity contribution in [2.45, 2.75) is 31.1 Å². The van der Waals surface area contributed by atoms with Gasteiger partial charge in [0.2, 0.25) is 0 Å². The molecule has 0 saturated carbocycles. The molecule has 0 bridgehead atoms. The van der Waals surface area contributed by atoms with Crippen LogP contribution in [0.4, 0.5) is 0 Å². The maximum Gasteiger partial charge on any atom is 0.268 e. The Balaban J connectivity index is 2.21. The molecule has 1 heterocycles. The number of carbonyl (C=O) groups is 1. The monoisotopic (exact) mass is 418 g/mol. The van der Waals surface area contributed by atoms with Gasteiger partial charge in [0.1, 0.15) is 0 Å². The minimum Gasteiger partial charge on any atom is -0.345 e. The number of carbonyl (C=O) groups excluding carboxylic acids is 1. The number of amides is 1. The van der Waals surface area contributed by atoms with Crippen LogP contribution in [0.25, 0.3) is 10.9 Å². The maximum absolute atomic E-state index is 13.3. The van der Waals surface area contributed by atoms with E-state index in [-0.39, 0.29) is 21.8 Å². The summed E-state index contributed by atoms with van der Waals surface area (Å²) in [6.07, 6.45) is 1.37. The largest absolute Gasteiger partial charge is 0.345 e. The van der Waals surface area contributed by atoms with Gasteiger partial charge in [-0.2, -0.15) is 0 Å². The van der Waals surface area contributed by atoms with Gasteiger partial charge in [0.25, 0.3) is 15.9 Å². The lowest BCUT2D eigenvalue weighted by Gasteiger charge is -2.19. The number of nitrogens with zero attached hydrogens (tertiary/aromatic N) is 2. The fourth-order valence-corrected chi connectivity index (χ4v) is 4.56. The molecule has 5 nitrogen and oxygen atoms in total. The van der Waals surface area contributed by atoms with Gasteiger partial charge in [-0.3, -0.25) is 4.79 Å². The molecule has 0 radical (unpaired) electrons. The van der Waals surface area contributed by atoms with E-state index in [1.54, 1.807) is 44.4 Å². The average molecular weight is 419 g/mol. The molecule has 7 heteroatoms. The topological polar surface area (TPSA) is 59.4 Å². The Morgan fingerprint density at radius 1 is 1.04 bits per heavy atom. The molecule has 0 N–H and O–H groups in total. The number of rotatable bonds is 3. The highest BCUT2D eigenvalue weighted by atomic mass is 35.5. The molecule has 1 amide bonds. The second kappa shape index (κ2) is 6.94. The van der Waals surface area contributed by atoms with Crippen molar-refractivity contribution in [1.82, 2.24) is 8.87 Å². The second-order valence-corrected chi connectivity index (χ2v) is 10.2. The van der Waals surface area contributed by atoms with Gasteiger partial charge >= 0.3 is 0 Å². The summed E-state index contributed by atoms with van der Waals surface area (Å²) in [6, 6.07) is 11.7. The quantitative estimate of drug-likeness (QED) is 0.627. The van der Waals surface area contributed by atoms with Crippen molar-refractivity contribution >= 4 is 38.4 Å². The van der Waals surface area contributed by atoms with Gasteiger partial charge in [-0.05, 0) is 41.3 Å². The van der Waals surface area contributed by atoms with Crippen LogP contribution in [-0.2, 0) is 15.4 Å². The van der Waals surface area contributed by atoms with Crippen LogP contribution in [0.1, 0.15) is 36.7 Å². The highest BCUT2D eigenvalue weighted by Crippen LogP contribution is 2.30. The van der Waals surface area contributed by atoms with Crippen LogP contribution >= 0.6 is 11.6 Å². The third-order valence-corrected chi connectivity index (χ3v) is 6.57. The predicted octanol–water partition coefficient (Wildman–Crippen LogP) is 4.53. The Bertz CT molecular complexity index is 1150. The zero-order valence-corrected chi connectivity index (χ0v) is 18.1. The van der Waals surface area contributed by atoms with Crippen molar-refractivity contribution < 1.29 is 13.2 Å². The molecule has 0 spiro atoms. The molecule has 2 aromatic carbocycles. The van der Waals surface area contributed by atoms with E-state index in [0.717, 1.165) is 9.54 Å². The molecule has 1 aromatic heterocycles. The van der Waals surface area contributed by atoms with Gasteiger partial charge < -0.3 is 4.90 Å². The highest BCUT2D eigenvalue weighted by molar-refractivity contribution is 7.90. The molecule has 0 saturated heterocycles. The van der Waals surface area contributed by atoms with Gasteiger partial charge in [0.15, 0.2) is 0 Å². The Labute approximate surface area is 170 Å². The lowest BCUT2D eigenvalue weighted by Crippen LogP contribution is -2.21. The van der Waals surface area contributed by atoms with Crippen molar-refractivity contribution in [1.29, 1.82) is 0 Å². The van der Waals surface area contributed by atoms with Crippen molar-refractivity contribution in [2.24, 2.45) is 0 Å². The Morgan fingerprint density at radius 2 is 1.64 bits per heavy atom. The Kier molecular flexibility index (Phi) is 5.06. The molecule has 28 heavy (non-hydrogen) atoms. The van der Waals surface area contributed by atoms with Crippen LogP contribution in [0.2, 0.25) is 5.02 Å². The number of halogens is 1. The summed E-state index contributed by atoms with van der Waals surface area (Å²) in [4.78, 5) is 14.1. The van der Waals surface area contributed by atoms with Crippen molar-refractivity contribution in [3.05, 3.63) is 64.8 Å². The first-order valence-corrected chi connectivity index (χ1v) is 10.6. The molecule has 3 rings (SSSR count). The molecule has 0 unspecified atom stereocenters. The summed E-state index contributed by atoms with van der Waals surface area (Å²) in [6.45, 7) is 6.20. The van der Waals surface area contributed by atoms with Crippen molar-refractivity contribution in [3.63, 3.8) is 0 Å². The average Bonchev–Trinajstić information content (AvgIpc) is 2.99. The summed E-state index contributed by atoms with van der Waals surface area (Å²) in [5, 5.41) is 0.936. The minimum absolute atomic E-state index is 0.0789. The first-order valence-electron chi connectivity index (χ1n) is 8.81. The number of hydrogen-bond donors (Lipinski definition) is 0. The molecule has 0 fully saturated rings. The Hall–Kier alpha value is -2.31. The van der Waals surface area contributed by atoms with E-state index in [9.17, 15) is 13.2 Å². The summed E-state index contributed by atoms with van der Waals surface area (Å²) in [5.41, 5.74) is 1.66. The highest BCUT2D eigenvalue weighted by Gasteiger charge is 2.25. The number of hydrogen-bond acceptors (Lipinski definition) is 3. The van der Waals surface area contributed by atoms with Crippen LogP contribution in [-0.4, -0.2) is 37.3 Å². The Morgan fingerprint density at radius 3 is 2.18 bits per heavy atom. The molecule has 0 aliphatic heterocycles. The van der Waals surface area contributed by atoms with Crippen LogP contribution in [0, 0.1) is 0 Å². The maximum atomic E-state index is 13.3. The van der Waals surface area contributed by atoms with E-state index in [0.29, 0.717) is 15.9 Å². The first-order chi connectivity index (χ1) is 12.9. The zero-order valence-electron chi connectivity index (χ0n) is 16.5. The van der Waals surface area contributed by atoms with Crippen LogP contribution < -0.4 is 0 Å². The lowest BCUT2D eigenvalue weighted by molar-refractivity contribution is 0.0829. The van der Waals surface area contributed by atoms with E-state index < -0.39 is 10.0 Å². The van der Waals surface area contributed by atoms with Crippen LogP contribution in [0.3, 0.4) is 0 Å². The minimum atomic E-state index is -3.88. The normalized spacial score (nSPS) is 12.4. The third-order valence-electron chi connectivity index (χ3n) is 4.65. The predicted molar refractivity (Wildman–Crippen MR) is 113 cm³/mol. The number of fused-ring (bicyclic) bond motifs is 1. The van der Waals surface area contributed by atoms with Gasteiger partial charge in [-0.1, -0.05) is 44.5 Å². The summed E-state index contributed by atoms with van der Waals surface area (Å²) in [5.74, 6) is -0.288. The van der Waals surface area contributed by atoms with Gasteiger partial charge in [0, 0.05) is 30.7 Å². The molecule has 0 atom stereocenters. The molecule has 3 aromatic rings. The van der Waals surface area contributed by atoms with E-state index in [1.807, 2.05) is 12.1 Å². The van der Waals surface area contributed by atoms with E-state index in [2.05, 4.69) is 20.8 Å². The molecular weight excluding hydrogens is 396 g/mol. The summed E-state index contributed by atoms with van der Waals surface area (Å²) >= 11 is 6.09. The number of benzene rings is 2. The van der Waals surface area contributed by atoms with Crippen molar-refractivity contribution in [2.75, 3.05) is 14.1 Å². The first kappa shape index (κ1) is 20.4. The fraction of sp³-hybridized carbons (Fsp3) is 0.286. The SMILES string of the molecule is CN(C)C(=O)c1cn(S(=O)(=O)c2ccc(C(C)(C)C)cc2)c2ccc(Cl)cc12. The number of aromatic nitrogens is 1. The van der Waals surface area contributed by atoms with E-state index in [1.165, 1.54) is 11.1 Å². The van der Waals surface area contributed by atoms with Gasteiger partial charge in [0.05, 0.1) is 16.0 Å². The summed E-state index contributed by atoms with van der Waals surface area (Å²) < 4.78 is 27.8. The molecule has 148 valence electrons. The van der Waals surface area contributed by atoms with Gasteiger partial charge in [-0.25, -0.2) is 12.4 Å². The smallest absolute Gasteiger partial charge is 0.268 e. The van der Waals surface area contributed by atoms with E-state index >= 15 is 0 Å². The van der Waals surface area contributed by atoms with Crippen LogP contribution in [0.5, 0.6) is 0 Å². The molecule has 0 aliphatic rings. The molecular formula is C21H23ClN2O3S. The standard InChI is InChI=1S/C21H23ClN2O3S/c1-21(2,3)14-6-9-16(10-7-14)28(26,27)24-13-18(20(25)23(4)5)17-12-15(22)8-11-19(17)24/h6-13H,1-5H3. The van der Waals surface area contributed by atoms with E-state index in [4.69, 9.17) is 11.6 Å². The lowest BCUT2D eigenvalue weighted by atomic mass is 9.87. The molecule has 0 aliphatic carbocycles. The summed E-state index contributed by atoms with van der Waals surface area (Å²) in [7, 11) is -0.635. The zero-order chi connectivity index (χ0) is 20.9. The third kappa shape index (κ3) is 3.54. The van der Waals surface area contributed by atoms with Gasteiger partial charge in [-0.15, -0.1) is 0 Å². The van der Waals surface area contributed by atoms with Crippen LogP contribution in [0.15, 0.2) is 53.6 Å². The fourth-order valence-electron chi connectivity index (χ4n) is 3.02.